The van der Waals surface area contributed by atoms with Crippen molar-refractivity contribution in [2.24, 2.45) is 0 Å². The van der Waals surface area contributed by atoms with Crippen LogP contribution in [0.2, 0.25) is 5.02 Å². The first-order chi connectivity index (χ1) is 9.69. The quantitative estimate of drug-likeness (QED) is 0.871. The van der Waals surface area contributed by atoms with Crippen LogP contribution < -0.4 is 10.1 Å². The monoisotopic (exact) mass is 291 g/mol. The Morgan fingerprint density at radius 2 is 2.00 bits per heavy atom. The summed E-state index contributed by atoms with van der Waals surface area (Å²) in [4.78, 5) is 8.28. The van der Waals surface area contributed by atoms with Gasteiger partial charge in [0, 0.05) is 17.1 Å². The highest BCUT2D eigenvalue weighted by molar-refractivity contribution is 6.30. The molecule has 0 aliphatic rings. The first kappa shape index (κ1) is 14.6. The van der Waals surface area contributed by atoms with E-state index >= 15 is 0 Å². The number of hydrogen-bond acceptors (Lipinski definition) is 4. The number of nitrogens with one attached hydrogen (secondary N) is 1. The van der Waals surface area contributed by atoms with Crippen molar-refractivity contribution in [3.8, 4) is 5.88 Å². The molecule has 1 unspecified atom stereocenters. The molecule has 1 heterocycles. The van der Waals surface area contributed by atoms with Crippen LogP contribution in [0.25, 0.3) is 0 Å². The van der Waals surface area contributed by atoms with E-state index in [4.69, 9.17) is 16.3 Å². The van der Waals surface area contributed by atoms with Crippen molar-refractivity contribution in [3.05, 3.63) is 47.2 Å². The minimum Gasteiger partial charge on any atom is -0.478 e. The van der Waals surface area contributed by atoms with Crippen molar-refractivity contribution in [1.29, 1.82) is 0 Å². The minimum atomic E-state index is 0.126. The molecule has 0 aliphatic heterocycles. The van der Waals surface area contributed by atoms with E-state index in [0.29, 0.717) is 12.5 Å². The van der Waals surface area contributed by atoms with Gasteiger partial charge in [0.15, 0.2) is 0 Å². The van der Waals surface area contributed by atoms with E-state index in [-0.39, 0.29) is 6.04 Å². The Labute approximate surface area is 124 Å². The molecule has 0 radical (unpaired) electrons. The van der Waals surface area contributed by atoms with Crippen LogP contribution in [0.5, 0.6) is 5.88 Å². The topological polar surface area (TPSA) is 47.0 Å². The maximum Gasteiger partial charge on any atom is 0.218 e. The van der Waals surface area contributed by atoms with Gasteiger partial charge in [-0.05, 0) is 31.0 Å². The number of benzene rings is 1. The minimum absolute atomic E-state index is 0.126. The van der Waals surface area contributed by atoms with Crippen molar-refractivity contribution >= 4 is 17.4 Å². The van der Waals surface area contributed by atoms with Crippen molar-refractivity contribution in [1.82, 2.24) is 9.97 Å². The van der Waals surface area contributed by atoms with Gasteiger partial charge in [-0.25, -0.2) is 9.97 Å². The van der Waals surface area contributed by atoms with Crippen LogP contribution in [0, 0.1) is 0 Å². The van der Waals surface area contributed by atoms with Gasteiger partial charge in [-0.15, -0.1) is 0 Å². The second-order valence-corrected chi connectivity index (χ2v) is 4.94. The van der Waals surface area contributed by atoms with Crippen LogP contribution in [0.15, 0.2) is 36.7 Å². The summed E-state index contributed by atoms with van der Waals surface area (Å²) in [6.45, 7) is 4.78. The summed E-state index contributed by atoms with van der Waals surface area (Å²) in [5, 5.41) is 4.05. The lowest BCUT2D eigenvalue weighted by Crippen LogP contribution is -2.08. The molecule has 0 amide bonds. The summed E-state index contributed by atoms with van der Waals surface area (Å²) in [5.74, 6) is 1.33. The Bertz CT molecular complexity index is 545. The van der Waals surface area contributed by atoms with Crippen LogP contribution in [-0.4, -0.2) is 16.6 Å². The number of anilines is 1. The first-order valence-corrected chi connectivity index (χ1v) is 7.03. The normalized spacial score (nSPS) is 11.9. The lowest BCUT2D eigenvalue weighted by Gasteiger charge is -2.15. The van der Waals surface area contributed by atoms with Gasteiger partial charge in [0.25, 0.3) is 0 Å². The Morgan fingerprint density at radius 1 is 1.25 bits per heavy atom. The van der Waals surface area contributed by atoms with Gasteiger partial charge in [0.05, 0.1) is 6.61 Å². The van der Waals surface area contributed by atoms with Gasteiger partial charge in [0.2, 0.25) is 5.88 Å². The number of hydrogen-bond donors (Lipinski definition) is 1. The second kappa shape index (κ2) is 7.10. The number of nitrogens with zero attached hydrogens (tertiary/aromatic N) is 2. The zero-order valence-electron chi connectivity index (χ0n) is 11.6. The predicted octanol–water partition coefficient (Wildman–Crippen LogP) is 4.09. The molecule has 1 atom stereocenters. The summed E-state index contributed by atoms with van der Waals surface area (Å²) in [5.41, 5.74) is 1.14. The summed E-state index contributed by atoms with van der Waals surface area (Å²) in [7, 11) is 0. The number of aromatic nitrogens is 2. The molecule has 4 nitrogen and oxygen atoms in total. The Hall–Kier alpha value is -1.81. The average Bonchev–Trinajstić information content (AvgIpc) is 2.46. The van der Waals surface area contributed by atoms with Crippen molar-refractivity contribution in [2.45, 2.75) is 26.3 Å². The van der Waals surface area contributed by atoms with E-state index in [2.05, 4.69) is 29.1 Å². The van der Waals surface area contributed by atoms with Gasteiger partial charge in [-0.1, -0.05) is 30.7 Å². The van der Waals surface area contributed by atoms with Crippen LogP contribution >= 0.6 is 11.6 Å². The third kappa shape index (κ3) is 4.10. The molecule has 0 fully saturated rings. The Balaban J connectivity index is 2.03. The van der Waals surface area contributed by atoms with Crippen molar-refractivity contribution in [2.75, 3.05) is 11.9 Å². The van der Waals surface area contributed by atoms with E-state index in [1.165, 1.54) is 6.33 Å². The maximum atomic E-state index is 5.89. The molecule has 5 heteroatoms. The molecule has 106 valence electrons. The van der Waals surface area contributed by atoms with Crippen LogP contribution in [0.1, 0.15) is 31.9 Å². The summed E-state index contributed by atoms with van der Waals surface area (Å²) in [6.07, 6.45) is 2.45. The fourth-order valence-electron chi connectivity index (χ4n) is 1.76. The third-order valence-electron chi connectivity index (χ3n) is 2.83. The Kier molecular flexibility index (Phi) is 5.18. The SMILES string of the molecule is CCCOc1cc(NC(C)c2ccc(Cl)cc2)ncn1. The number of halogens is 1. The molecule has 2 rings (SSSR count). The van der Waals surface area contributed by atoms with Gasteiger partial charge >= 0.3 is 0 Å². The standard InChI is InChI=1S/C15H18ClN3O/c1-3-8-20-15-9-14(17-10-18-15)19-11(2)12-4-6-13(16)7-5-12/h4-7,9-11H,3,8H2,1-2H3,(H,17,18,19). The van der Waals surface area contributed by atoms with Gasteiger partial charge in [0.1, 0.15) is 12.1 Å². The van der Waals surface area contributed by atoms with E-state index in [1.54, 1.807) is 0 Å². The highest BCUT2D eigenvalue weighted by Crippen LogP contribution is 2.21. The van der Waals surface area contributed by atoms with Gasteiger partial charge in [-0.3, -0.25) is 0 Å². The van der Waals surface area contributed by atoms with Crippen LogP contribution in [-0.2, 0) is 0 Å². The highest BCUT2D eigenvalue weighted by Gasteiger charge is 2.07. The fraction of sp³-hybridized carbons (Fsp3) is 0.333. The smallest absolute Gasteiger partial charge is 0.218 e. The average molecular weight is 292 g/mol. The summed E-state index contributed by atoms with van der Waals surface area (Å²) < 4.78 is 5.49. The Morgan fingerprint density at radius 3 is 2.70 bits per heavy atom. The number of rotatable bonds is 6. The van der Waals surface area contributed by atoms with Gasteiger partial charge in [-0.2, -0.15) is 0 Å². The molecule has 2 aromatic rings. The van der Waals surface area contributed by atoms with Crippen LogP contribution in [0.3, 0.4) is 0 Å². The molecule has 0 saturated heterocycles. The highest BCUT2D eigenvalue weighted by atomic mass is 35.5. The van der Waals surface area contributed by atoms with Crippen LogP contribution in [0.4, 0.5) is 5.82 Å². The maximum absolute atomic E-state index is 5.89. The molecular weight excluding hydrogens is 274 g/mol. The number of ether oxygens (including phenoxy) is 1. The van der Waals surface area contributed by atoms with E-state index < -0.39 is 0 Å². The molecule has 0 saturated carbocycles. The summed E-state index contributed by atoms with van der Waals surface area (Å²) >= 11 is 5.89. The molecule has 1 aromatic heterocycles. The molecule has 1 N–H and O–H groups in total. The molecular formula is C15H18ClN3O. The first-order valence-electron chi connectivity index (χ1n) is 6.66. The second-order valence-electron chi connectivity index (χ2n) is 4.51. The van der Waals surface area contributed by atoms with E-state index in [0.717, 1.165) is 22.8 Å². The largest absolute Gasteiger partial charge is 0.478 e. The van der Waals surface area contributed by atoms with E-state index in [1.807, 2.05) is 30.3 Å². The molecule has 1 aromatic carbocycles. The van der Waals surface area contributed by atoms with Crippen molar-refractivity contribution in [3.63, 3.8) is 0 Å². The fourth-order valence-corrected chi connectivity index (χ4v) is 1.89. The zero-order valence-corrected chi connectivity index (χ0v) is 12.4. The lowest BCUT2D eigenvalue weighted by molar-refractivity contribution is 0.305. The lowest BCUT2D eigenvalue weighted by atomic mass is 10.1. The van der Waals surface area contributed by atoms with Gasteiger partial charge < -0.3 is 10.1 Å². The molecule has 20 heavy (non-hydrogen) atoms. The summed E-state index contributed by atoms with van der Waals surface area (Å²) in [6, 6.07) is 9.68. The molecule has 0 spiro atoms. The zero-order chi connectivity index (χ0) is 14.4. The molecule has 0 aliphatic carbocycles. The molecule has 0 bridgehead atoms. The van der Waals surface area contributed by atoms with E-state index in [9.17, 15) is 0 Å². The third-order valence-corrected chi connectivity index (χ3v) is 3.08. The predicted molar refractivity (Wildman–Crippen MR) is 81.3 cm³/mol. The van der Waals surface area contributed by atoms with Crippen molar-refractivity contribution < 1.29 is 4.74 Å².